The van der Waals surface area contributed by atoms with Crippen LogP contribution in [0.4, 0.5) is 0 Å². The maximum atomic E-state index is 13.4. The number of nitrogens with zero attached hydrogens (tertiary/aromatic N) is 2. The third-order valence-electron chi connectivity index (χ3n) is 6.36. The first-order valence-corrected chi connectivity index (χ1v) is 11.0. The normalized spacial score (nSPS) is 25.2. The summed E-state index contributed by atoms with van der Waals surface area (Å²) in [7, 11) is 0. The van der Waals surface area contributed by atoms with Gasteiger partial charge in [-0.1, -0.05) is 26.7 Å². The van der Waals surface area contributed by atoms with Crippen molar-refractivity contribution >= 4 is 17.7 Å². The van der Waals surface area contributed by atoms with Crippen molar-refractivity contribution in [3.63, 3.8) is 0 Å². The first-order valence-electron chi connectivity index (χ1n) is 11.0. The summed E-state index contributed by atoms with van der Waals surface area (Å²) < 4.78 is 0. The molecule has 3 fully saturated rings. The number of likely N-dealkylation sites (tertiary alicyclic amines) is 1. The van der Waals surface area contributed by atoms with Crippen molar-refractivity contribution in [1.82, 2.24) is 15.1 Å². The lowest BCUT2D eigenvalue weighted by atomic mass is 9.92. The van der Waals surface area contributed by atoms with E-state index in [2.05, 4.69) is 19.2 Å². The molecule has 1 unspecified atom stereocenters. The number of amides is 3. The molecule has 2 atom stereocenters. The molecule has 1 aliphatic carbocycles. The number of carbonyl (C=O) groups excluding carboxylic acids is 3. The third-order valence-corrected chi connectivity index (χ3v) is 6.36. The van der Waals surface area contributed by atoms with E-state index in [1.165, 1.54) is 12.8 Å². The Hall–Kier alpha value is -1.63. The Morgan fingerprint density at radius 3 is 2.32 bits per heavy atom. The van der Waals surface area contributed by atoms with E-state index in [0.29, 0.717) is 37.9 Å². The van der Waals surface area contributed by atoms with Crippen LogP contribution >= 0.6 is 0 Å². The van der Waals surface area contributed by atoms with Crippen LogP contribution in [0.1, 0.15) is 58.8 Å². The Morgan fingerprint density at radius 1 is 1.07 bits per heavy atom. The Bertz CT molecular complexity index is 582. The van der Waals surface area contributed by atoms with Gasteiger partial charge in [0.05, 0.1) is 6.04 Å². The van der Waals surface area contributed by atoms with Gasteiger partial charge in [-0.25, -0.2) is 0 Å². The van der Waals surface area contributed by atoms with Crippen LogP contribution in [0, 0.1) is 17.8 Å². The van der Waals surface area contributed by atoms with Crippen molar-refractivity contribution in [1.29, 1.82) is 0 Å². The van der Waals surface area contributed by atoms with E-state index in [0.717, 1.165) is 32.2 Å². The van der Waals surface area contributed by atoms with E-state index in [4.69, 9.17) is 5.73 Å². The van der Waals surface area contributed by atoms with Crippen LogP contribution in [-0.4, -0.2) is 65.8 Å². The van der Waals surface area contributed by atoms with Crippen LogP contribution < -0.4 is 11.1 Å². The fourth-order valence-electron chi connectivity index (χ4n) is 4.61. The van der Waals surface area contributed by atoms with Crippen molar-refractivity contribution in [2.75, 3.05) is 26.2 Å². The zero-order valence-electron chi connectivity index (χ0n) is 17.4. The number of hydrogen-bond donors (Lipinski definition) is 2. The van der Waals surface area contributed by atoms with Crippen LogP contribution in [0.3, 0.4) is 0 Å². The minimum Gasteiger partial charge on any atom is -0.370 e. The molecule has 2 heterocycles. The highest BCUT2D eigenvalue weighted by atomic mass is 16.2. The van der Waals surface area contributed by atoms with Crippen molar-refractivity contribution in [2.45, 2.75) is 70.9 Å². The molecule has 3 N–H and O–H groups in total. The van der Waals surface area contributed by atoms with Gasteiger partial charge in [0.25, 0.3) is 0 Å². The molecule has 28 heavy (non-hydrogen) atoms. The van der Waals surface area contributed by atoms with E-state index < -0.39 is 0 Å². The molecule has 1 saturated carbocycles. The van der Waals surface area contributed by atoms with Crippen LogP contribution in [0.15, 0.2) is 0 Å². The first kappa shape index (κ1) is 21.1. The lowest BCUT2D eigenvalue weighted by Crippen LogP contribution is -2.62. The molecule has 7 nitrogen and oxygen atoms in total. The van der Waals surface area contributed by atoms with Crippen molar-refractivity contribution in [3.8, 4) is 0 Å². The molecular weight excluding hydrogens is 356 g/mol. The van der Waals surface area contributed by atoms with Gasteiger partial charge >= 0.3 is 0 Å². The van der Waals surface area contributed by atoms with Gasteiger partial charge in [0.2, 0.25) is 17.7 Å². The number of rotatable bonds is 8. The highest BCUT2D eigenvalue weighted by Crippen LogP contribution is 2.36. The molecule has 3 rings (SSSR count). The van der Waals surface area contributed by atoms with Gasteiger partial charge < -0.3 is 20.9 Å². The summed E-state index contributed by atoms with van der Waals surface area (Å²) in [5.41, 5.74) is 5.32. The van der Waals surface area contributed by atoms with Gasteiger partial charge in [-0.3, -0.25) is 14.4 Å². The number of nitrogens with two attached hydrogens (primary N) is 1. The predicted molar refractivity (Wildman–Crippen MR) is 107 cm³/mol. The molecular formula is C21H36N4O3. The van der Waals surface area contributed by atoms with Crippen molar-refractivity contribution < 1.29 is 14.4 Å². The van der Waals surface area contributed by atoms with Gasteiger partial charge in [-0.05, 0) is 43.4 Å². The molecule has 0 spiro atoms. The van der Waals surface area contributed by atoms with Crippen LogP contribution in [0.2, 0.25) is 0 Å². The van der Waals surface area contributed by atoms with Gasteiger partial charge in [-0.2, -0.15) is 0 Å². The summed E-state index contributed by atoms with van der Waals surface area (Å²) in [6.07, 6.45) is 5.96. The fourth-order valence-corrected chi connectivity index (χ4v) is 4.61. The average Bonchev–Trinajstić information content (AvgIpc) is 3.45. The SMILES string of the molecule is CC(C)C[C@@H]1NCCN(C(CC2CC2)C(=O)N2CCC(CC(N)=O)CC2)C1=O. The molecule has 2 aliphatic heterocycles. The molecule has 0 bridgehead atoms. The van der Waals surface area contributed by atoms with E-state index in [1.54, 1.807) is 0 Å². The second-order valence-electron chi connectivity index (χ2n) is 9.30. The lowest BCUT2D eigenvalue weighted by Gasteiger charge is -2.41. The number of primary amides is 1. The Balaban J connectivity index is 1.65. The maximum absolute atomic E-state index is 13.4. The Kier molecular flexibility index (Phi) is 6.96. The number of piperidine rings is 1. The zero-order chi connectivity index (χ0) is 20.3. The summed E-state index contributed by atoms with van der Waals surface area (Å²) in [6, 6.07) is -0.506. The first-order chi connectivity index (χ1) is 13.3. The summed E-state index contributed by atoms with van der Waals surface area (Å²) >= 11 is 0. The van der Waals surface area contributed by atoms with E-state index >= 15 is 0 Å². The topological polar surface area (TPSA) is 95.7 Å². The van der Waals surface area contributed by atoms with Crippen LogP contribution in [0.5, 0.6) is 0 Å². The monoisotopic (exact) mass is 392 g/mol. The Morgan fingerprint density at radius 2 is 1.75 bits per heavy atom. The average molecular weight is 393 g/mol. The molecule has 7 heteroatoms. The van der Waals surface area contributed by atoms with Gasteiger partial charge in [0.15, 0.2) is 0 Å². The third kappa shape index (κ3) is 5.46. The molecule has 0 aromatic rings. The smallest absolute Gasteiger partial charge is 0.245 e. The quantitative estimate of drug-likeness (QED) is 0.647. The fraction of sp³-hybridized carbons (Fsp3) is 0.857. The summed E-state index contributed by atoms with van der Waals surface area (Å²) in [4.78, 5) is 41.4. The van der Waals surface area contributed by atoms with Crippen LogP contribution in [-0.2, 0) is 14.4 Å². The van der Waals surface area contributed by atoms with Gasteiger partial charge in [-0.15, -0.1) is 0 Å². The summed E-state index contributed by atoms with van der Waals surface area (Å²) in [5.74, 6) is 1.21. The number of hydrogen-bond acceptors (Lipinski definition) is 4. The van der Waals surface area contributed by atoms with E-state index in [1.807, 2.05) is 9.80 Å². The predicted octanol–water partition coefficient (Wildman–Crippen LogP) is 1.12. The highest BCUT2D eigenvalue weighted by Gasteiger charge is 2.41. The minimum atomic E-state index is -0.329. The number of piperazine rings is 1. The minimum absolute atomic E-state index is 0.0857. The van der Waals surface area contributed by atoms with E-state index in [-0.39, 0.29) is 35.7 Å². The second kappa shape index (κ2) is 9.25. The highest BCUT2D eigenvalue weighted by molar-refractivity contribution is 5.90. The molecule has 0 aromatic heterocycles. The second-order valence-corrected chi connectivity index (χ2v) is 9.30. The van der Waals surface area contributed by atoms with Crippen LogP contribution in [0.25, 0.3) is 0 Å². The molecule has 158 valence electrons. The maximum Gasteiger partial charge on any atom is 0.245 e. The number of nitrogens with one attached hydrogen (secondary N) is 1. The van der Waals surface area contributed by atoms with Crippen molar-refractivity contribution in [2.24, 2.45) is 23.5 Å². The number of carbonyl (C=O) groups is 3. The molecule has 0 radical (unpaired) electrons. The lowest BCUT2D eigenvalue weighted by molar-refractivity contribution is -0.150. The summed E-state index contributed by atoms with van der Waals surface area (Å²) in [5, 5.41) is 3.34. The van der Waals surface area contributed by atoms with Gasteiger partial charge in [0.1, 0.15) is 6.04 Å². The standard InChI is InChI=1S/C21H36N4O3/c1-14(2)11-17-20(27)25(10-7-23-17)18(12-15-3-4-15)21(28)24-8-5-16(6-9-24)13-19(22)26/h14-18,23H,3-13H2,1-2H3,(H2,22,26)/t17-,18?/m0/s1. The van der Waals surface area contributed by atoms with Gasteiger partial charge in [0, 0.05) is 32.6 Å². The van der Waals surface area contributed by atoms with E-state index in [9.17, 15) is 14.4 Å². The Labute approximate surface area is 168 Å². The summed E-state index contributed by atoms with van der Waals surface area (Å²) in [6.45, 7) is 6.92. The molecule has 2 saturated heterocycles. The molecule has 3 aliphatic rings. The molecule has 3 amide bonds. The molecule has 0 aromatic carbocycles. The van der Waals surface area contributed by atoms with Crippen molar-refractivity contribution in [3.05, 3.63) is 0 Å². The zero-order valence-corrected chi connectivity index (χ0v) is 17.4. The largest absolute Gasteiger partial charge is 0.370 e.